The molecule has 162 valence electrons. The summed E-state index contributed by atoms with van der Waals surface area (Å²) in [5, 5.41) is 18.2. The lowest BCUT2D eigenvalue weighted by atomic mass is 10.0. The van der Waals surface area contributed by atoms with Crippen molar-refractivity contribution in [2.24, 2.45) is 7.05 Å². The number of fused-ring (bicyclic) bond motifs is 1. The number of anilines is 2. The number of H-pyrrole nitrogens is 1. The normalized spacial score (nSPS) is 11.9. The van der Waals surface area contributed by atoms with Crippen molar-refractivity contribution in [3.63, 3.8) is 0 Å². The molecular weight excluding hydrogens is 431 g/mol. The quantitative estimate of drug-likeness (QED) is 0.397. The molecule has 2 aromatic heterocycles. The molecule has 0 aliphatic rings. The van der Waals surface area contributed by atoms with Crippen LogP contribution in [0.15, 0.2) is 36.5 Å². The van der Waals surface area contributed by atoms with Crippen molar-refractivity contribution in [3.8, 4) is 11.4 Å². The molecule has 0 atom stereocenters. The fourth-order valence-corrected chi connectivity index (χ4v) is 3.45. The van der Waals surface area contributed by atoms with Crippen LogP contribution in [0, 0.1) is 6.92 Å². The monoisotopic (exact) mass is 449 g/mol. The molecule has 4 aromatic rings. The van der Waals surface area contributed by atoms with Gasteiger partial charge in [-0.3, -0.25) is 5.10 Å². The molecular formula is C20H19ClF3N7. The molecule has 31 heavy (non-hydrogen) atoms. The Labute approximate surface area is 180 Å². The zero-order valence-electron chi connectivity index (χ0n) is 16.7. The summed E-state index contributed by atoms with van der Waals surface area (Å²) in [5.74, 6) is 0.983. The third-order valence-corrected chi connectivity index (χ3v) is 5.22. The van der Waals surface area contributed by atoms with Crippen molar-refractivity contribution in [1.82, 2.24) is 30.3 Å². The van der Waals surface area contributed by atoms with Crippen LogP contribution in [-0.4, -0.2) is 37.7 Å². The SMILES string of the molecule is Cc1cc(-c2nc(Nc3ccc4[nH]ncc4c3Cl)n(C)n2)ccc1CNCC(F)(F)F. The van der Waals surface area contributed by atoms with E-state index in [-0.39, 0.29) is 6.54 Å². The number of nitrogens with one attached hydrogen (secondary N) is 3. The highest BCUT2D eigenvalue weighted by Crippen LogP contribution is 2.32. The summed E-state index contributed by atoms with van der Waals surface area (Å²) in [6, 6.07) is 9.11. The number of hydrogen-bond acceptors (Lipinski definition) is 5. The van der Waals surface area contributed by atoms with Gasteiger partial charge in [-0.1, -0.05) is 23.7 Å². The summed E-state index contributed by atoms with van der Waals surface area (Å²) in [4.78, 5) is 4.54. The summed E-state index contributed by atoms with van der Waals surface area (Å²) < 4.78 is 38.6. The number of rotatable bonds is 6. The van der Waals surface area contributed by atoms with E-state index in [1.165, 1.54) is 0 Å². The van der Waals surface area contributed by atoms with E-state index in [1.54, 1.807) is 30.1 Å². The van der Waals surface area contributed by atoms with E-state index in [4.69, 9.17) is 11.6 Å². The predicted molar refractivity (Wildman–Crippen MR) is 113 cm³/mol. The molecule has 0 radical (unpaired) electrons. The lowest BCUT2D eigenvalue weighted by Crippen LogP contribution is -2.28. The molecule has 11 heteroatoms. The van der Waals surface area contributed by atoms with Crippen LogP contribution in [0.5, 0.6) is 0 Å². The molecule has 3 N–H and O–H groups in total. The van der Waals surface area contributed by atoms with Gasteiger partial charge in [0.25, 0.3) is 0 Å². The maximum absolute atomic E-state index is 12.3. The van der Waals surface area contributed by atoms with Crippen LogP contribution in [-0.2, 0) is 13.6 Å². The average Bonchev–Trinajstić information content (AvgIpc) is 3.32. The number of nitrogens with zero attached hydrogens (tertiary/aromatic N) is 4. The fraction of sp³-hybridized carbons (Fsp3) is 0.250. The molecule has 0 saturated heterocycles. The molecule has 0 fully saturated rings. The first-order valence-corrected chi connectivity index (χ1v) is 9.76. The van der Waals surface area contributed by atoms with Crippen molar-refractivity contribution in [3.05, 3.63) is 52.7 Å². The highest BCUT2D eigenvalue weighted by Gasteiger charge is 2.26. The second-order valence-electron chi connectivity index (χ2n) is 7.13. The Morgan fingerprint density at radius 2 is 2.00 bits per heavy atom. The van der Waals surface area contributed by atoms with E-state index in [9.17, 15) is 13.2 Å². The number of aromatic nitrogens is 5. The van der Waals surface area contributed by atoms with E-state index in [1.807, 2.05) is 25.1 Å². The van der Waals surface area contributed by atoms with E-state index >= 15 is 0 Å². The summed E-state index contributed by atoms with van der Waals surface area (Å²) in [5.41, 5.74) is 3.89. The third-order valence-electron chi connectivity index (χ3n) is 4.81. The third kappa shape index (κ3) is 4.64. The first-order chi connectivity index (χ1) is 14.7. The van der Waals surface area contributed by atoms with Crippen molar-refractivity contribution < 1.29 is 13.2 Å². The number of hydrogen-bond donors (Lipinski definition) is 3. The van der Waals surface area contributed by atoms with Crippen LogP contribution < -0.4 is 10.6 Å². The maximum atomic E-state index is 12.3. The zero-order chi connectivity index (χ0) is 22.2. The van der Waals surface area contributed by atoms with E-state index < -0.39 is 12.7 Å². The van der Waals surface area contributed by atoms with E-state index in [2.05, 4.69) is 30.9 Å². The zero-order valence-corrected chi connectivity index (χ0v) is 17.4. The Morgan fingerprint density at radius 1 is 1.19 bits per heavy atom. The number of aryl methyl sites for hydroxylation is 2. The number of aromatic amines is 1. The molecule has 7 nitrogen and oxygen atoms in total. The van der Waals surface area contributed by atoms with Crippen LogP contribution >= 0.6 is 11.6 Å². The molecule has 2 heterocycles. The van der Waals surface area contributed by atoms with Crippen LogP contribution in [0.2, 0.25) is 5.02 Å². The Kier molecular flexibility index (Phi) is 5.59. The first-order valence-electron chi connectivity index (χ1n) is 9.38. The predicted octanol–water partition coefficient (Wildman–Crippen LogP) is 4.72. The van der Waals surface area contributed by atoms with Crippen LogP contribution in [0.3, 0.4) is 0 Å². The lowest BCUT2D eigenvalue weighted by molar-refractivity contribution is -0.125. The first kappa shape index (κ1) is 21.1. The Bertz CT molecular complexity index is 1230. The summed E-state index contributed by atoms with van der Waals surface area (Å²) in [6.07, 6.45) is -2.58. The summed E-state index contributed by atoms with van der Waals surface area (Å²) >= 11 is 6.46. The lowest BCUT2D eigenvalue weighted by Gasteiger charge is -2.10. The Hall–Kier alpha value is -3.11. The molecule has 0 aliphatic heterocycles. The minimum Gasteiger partial charge on any atom is -0.323 e. The molecule has 2 aromatic carbocycles. The largest absolute Gasteiger partial charge is 0.401 e. The van der Waals surface area contributed by atoms with Gasteiger partial charge in [0.1, 0.15) is 0 Å². The summed E-state index contributed by atoms with van der Waals surface area (Å²) in [6.45, 7) is 0.942. The number of halogens is 4. The van der Waals surface area contributed by atoms with Gasteiger partial charge < -0.3 is 10.6 Å². The molecule has 0 bridgehead atoms. The van der Waals surface area contributed by atoms with E-state index in [0.29, 0.717) is 22.5 Å². The van der Waals surface area contributed by atoms with Crippen LogP contribution in [0.1, 0.15) is 11.1 Å². The minimum atomic E-state index is -4.24. The van der Waals surface area contributed by atoms with Crippen molar-refractivity contribution in [1.29, 1.82) is 0 Å². The van der Waals surface area contributed by atoms with Crippen molar-refractivity contribution in [2.45, 2.75) is 19.6 Å². The van der Waals surface area contributed by atoms with Gasteiger partial charge in [-0.15, -0.1) is 5.10 Å². The van der Waals surface area contributed by atoms with Gasteiger partial charge in [0.2, 0.25) is 5.95 Å². The van der Waals surface area contributed by atoms with Crippen molar-refractivity contribution in [2.75, 3.05) is 11.9 Å². The summed E-state index contributed by atoms with van der Waals surface area (Å²) in [7, 11) is 1.76. The van der Waals surface area contributed by atoms with Gasteiger partial charge in [0.05, 0.1) is 29.0 Å². The van der Waals surface area contributed by atoms with Gasteiger partial charge >= 0.3 is 6.18 Å². The Balaban J connectivity index is 1.53. The minimum absolute atomic E-state index is 0.128. The van der Waals surface area contributed by atoms with Crippen LogP contribution in [0.25, 0.3) is 22.3 Å². The topological polar surface area (TPSA) is 83.5 Å². The molecule has 0 spiro atoms. The van der Waals surface area contributed by atoms with Crippen molar-refractivity contribution >= 4 is 34.1 Å². The molecule has 0 amide bonds. The van der Waals surface area contributed by atoms with Gasteiger partial charge in [-0.25, -0.2) is 4.68 Å². The van der Waals surface area contributed by atoms with Gasteiger partial charge in [-0.05, 0) is 36.2 Å². The molecule has 4 rings (SSSR count). The van der Waals surface area contributed by atoms with Crippen LogP contribution in [0.4, 0.5) is 24.8 Å². The number of alkyl halides is 3. The second-order valence-corrected chi connectivity index (χ2v) is 7.50. The smallest absolute Gasteiger partial charge is 0.323 e. The maximum Gasteiger partial charge on any atom is 0.401 e. The Morgan fingerprint density at radius 3 is 2.74 bits per heavy atom. The van der Waals surface area contributed by atoms with E-state index in [0.717, 1.165) is 27.6 Å². The number of benzene rings is 2. The average molecular weight is 450 g/mol. The second kappa shape index (κ2) is 8.20. The van der Waals surface area contributed by atoms with Gasteiger partial charge in [0, 0.05) is 24.5 Å². The fourth-order valence-electron chi connectivity index (χ4n) is 3.19. The highest BCUT2D eigenvalue weighted by atomic mass is 35.5. The molecule has 0 aliphatic carbocycles. The van der Waals surface area contributed by atoms with Gasteiger partial charge in [0.15, 0.2) is 5.82 Å². The van der Waals surface area contributed by atoms with Gasteiger partial charge in [-0.2, -0.15) is 23.3 Å². The molecule has 0 saturated carbocycles. The highest BCUT2D eigenvalue weighted by molar-refractivity contribution is 6.38. The standard InChI is InChI=1S/C20H19ClF3N7/c1-11-7-12(3-4-13(11)8-25-10-20(22,23)24)18-28-19(31(2)30-18)27-16-6-5-15-14(17(16)21)9-26-29-15/h3-7,9,25H,8,10H2,1-2H3,(H,26,29)(H,27,28,30). The molecule has 0 unspecified atom stereocenters.